The summed E-state index contributed by atoms with van der Waals surface area (Å²) in [5.41, 5.74) is 10.6. The molecule has 0 bridgehead atoms. The summed E-state index contributed by atoms with van der Waals surface area (Å²) in [6.07, 6.45) is 1.92. The fraction of sp³-hybridized carbons (Fsp3) is 0.235. The quantitative estimate of drug-likeness (QED) is 0.693. The highest BCUT2D eigenvalue weighted by molar-refractivity contribution is 7.17. The van der Waals surface area contributed by atoms with E-state index in [-0.39, 0.29) is 5.41 Å². The van der Waals surface area contributed by atoms with Crippen LogP contribution in [0.5, 0.6) is 0 Å². The third-order valence-electron chi connectivity index (χ3n) is 3.54. The summed E-state index contributed by atoms with van der Waals surface area (Å²) in [7, 11) is 0. The van der Waals surface area contributed by atoms with Gasteiger partial charge in [-0.25, -0.2) is 4.98 Å². The summed E-state index contributed by atoms with van der Waals surface area (Å²) in [5, 5.41) is 3.00. The number of benzene rings is 1. The van der Waals surface area contributed by atoms with Crippen LogP contribution in [-0.4, -0.2) is 4.98 Å². The van der Waals surface area contributed by atoms with Gasteiger partial charge in [0.05, 0.1) is 5.69 Å². The molecule has 0 aliphatic heterocycles. The summed E-state index contributed by atoms with van der Waals surface area (Å²) < 4.78 is 0. The molecule has 0 amide bonds. The number of thiophene rings is 1. The van der Waals surface area contributed by atoms with E-state index in [0.717, 1.165) is 21.5 Å². The van der Waals surface area contributed by atoms with Crippen LogP contribution in [0.25, 0.3) is 21.3 Å². The molecule has 2 N–H and O–H groups in total. The Balaban J connectivity index is 2.04. The van der Waals surface area contributed by atoms with Crippen molar-refractivity contribution in [2.45, 2.75) is 26.2 Å². The van der Waals surface area contributed by atoms with Gasteiger partial charge in [0.15, 0.2) is 0 Å². The molecule has 3 aromatic rings. The van der Waals surface area contributed by atoms with E-state index in [0.29, 0.717) is 0 Å². The molecule has 0 spiro atoms. The van der Waals surface area contributed by atoms with Gasteiger partial charge in [0, 0.05) is 22.5 Å². The summed E-state index contributed by atoms with van der Waals surface area (Å²) in [4.78, 5) is 5.49. The van der Waals surface area contributed by atoms with Gasteiger partial charge in [-0.2, -0.15) is 0 Å². The molecular weight excluding hydrogens is 264 g/mol. The Morgan fingerprint density at radius 2 is 1.75 bits per heavy atom. The number of aromatic nitrogens is 1. The third kappa shape index (κ3) is 2.29. The van der Waals surface area contributed by atoms with Crippen molar-refractivity contribution in [2.75, 3.05) is 5.73 Å². The standard InChI is InChI=1S/C17H18N2S/c1-17(2,3)13-6-4-11(5-7-13)12-8-14-15(18)10-20-16(14)19-9-12/h4-10H,18H2,1-3H3. The normalized spacial score (nSPS) is 11.9. The average molecular weight is 282 g/mol. The Kier molecular flexibility index (Phi) is 3.02. The maximum atomic E-state index is 5.97. The number of nitrogens with zero attached hydrogens (tertiary/aromatic N) is 1. The summed E-state index contributed by atoms with van der Waals surface area (Å²) in [6.45, 7) is 6.67. The van der Waals surface area contributed by atoms with Crippen molar-refractivity contribution in [3.05, 3.63) is 47.5 Å². The fourth-order valence-corrected chi connectivity index (χ4v) is 3.04. The van der Waals surface area contributed by atoms with Crippen molar-refractivity contribution in [1.29, 1.82) is 0 Å². The lowest BCUT2D eigenvalue weighted by atomic mass is 9.86. The van der Waals surface area contributed by atoms with Gasteiger partial charge < -0.3 is 5.73 Å². The highest BCUT2D eigenvalue weighted by atomic mass is 32.1. The molecule has 0 saturated heterocycles. The van der Waals surface area contributed by atoms with Crippen LogP contribution in [-0.2, 0) is 5.41 Å². The fourth-order valence-electron chi connectivity index (χ4n) is 2.26. The molecule has 2 heterocycles. The van der Waals surface area contributed by atoms with Crippen LogP contribution in [0.1, 0.15) is 26.3 Å². The summed E-state index contributed by atoms with van der Waals surface area (Å²) in [5.74, 6) is 0. The van der Waals surface area contributed by atoms with E-state index >= 15 is 0 Å². The molecule has 1 aromatic carbocycles. The number of nitrogens with two attached hydrogens (primary N) is 1. The highest BCUT2D eigenvalue weighted by Crippen LogP contribution is 2.31. The number of hydrogen-bond donors (Lipinski definition) is 1. The van der Waals surface area contributed by atoms with Crippen LogP contribution in [0, 0.1) is 0 Å². The van der Waals surface area contributed by atoms with Crippen molar-refractivity contribution in [3.63, 3.8) is 0 Å². The second kappa shape index (κ2) is 4.60. The second-order valence-electron chi connectivity index (χ2n) is 6.10. The average Bonchev–Trinajstić information content (AvgIpc) is 2.79. The Morgan fingerprint density at radius 3 is 2.40 bits per heavy atom. The zero-order chi connectivity index (χ0) is 14.3. The van der Waals surface area contributed by atoms with Gasteiger partial charge in [-0.3, -0.25) is 0 Å². The van der Waals surface area contributed by atoms with Gasteiger partial charge in [0.2, 0.25) is 0 Å². The first-order chi connectivity index (χ1) is 9.45. The van der Waals surface area contributed by atoms with Gasteiger partial charge in [0.25, 0.3) is 0 Å². The number of fused-ring (bicyclic) bond motifs is 1. The van der Waals surface area contributed by atoms with Crippen LogP contribution in [0.4, 0.5) is 5.69 Å². The molecule has 0 aliphatic rings. The van der Waals surface area contributed by atoms with E-state index < -0.39 is 0 Å². The molecule has 0 aliphatic carbocycles. The lowest BCUT2D eigenvalue weighted by molar-refractivity contribution is 0.590. The van der Waals surface area contributed by atoms with Gasteiger partial charge in [0.1, 0.15) is 4.83 Å². The number of rotatable bonds is 1. The van der Waals surface area contributed by atoms with E-state index in [4.69, 9.17) is 5.73 Å². The smallest absolute Gasteiger partial charge is 0.125 e. The molecule has 20 heavy (non-hydrogen) atoms. The van der Waals surface area contributed by atoms with E-state index in [2.05, 4.69) is 56.1 Å². The number of hydrogen-bond acceptors (Lipinski definition) is 3. The Morgan fingerprint density at radius 1 is 1.05 bits per heavy atom. The monoisotopic (exact) mass is 282 g/mol. The van der Waals surface area contributed by atoms with Gasteiger partial charge in [-0.15, -0.1) is 11.3 Å². The van der Waals surface area contributed by atoms with Crippen molar-refractivity contribution in [3.8, 4) is 11.1 Å². The molecule has 3 rings (SSSR count). The predicted octanol–water partition coefficient (Wildman–Crippen LogP) is 4.84. The van der Waals surface area contributed by atoms with Crippen LogP contribution in [0.15, 0.2) is 41.9 Å². The molecule has 0 saturated carbocycles. The van der Waals surface area contributed by atoms with E-state index in [1.807, 2.05) is 11.6 Å². The topological polar surface area (TPSA) is 38.9 Å². The van der Waals surface area contributed by atoms with E-state index in [1.54, 1.807) is 11.3 Å². The van der Waals surface area contributed by atoms with Crippen LogP contribution >= 0.6 is 11.3 Å². The molecule has 0 atom stereocenters. The molecular formula is C17H18N2S. The SMILES string of the molecule is CC(C)(C)c1ccc(-c2cnc3scc(N)c3c2)cc1. The van der Waals surface area contributed by atoms with E-state index in [1.165, 1.54) is 11.1 Å². The molecule has 0 radical (unpaired) electrons. The third-order valence-corrected chi connectivity index (χ3v) is 4.46. The summed E-state index contributed by atoms with van der Waals surface area (Å²) in [6, 6.07) is 10.8. The van der Waals surface area contributed by atoms with Crippen molar-refractivity contribution in [2.24, 2.45) is 0 Å². The van der Waals surface area contributed by atoms with Crippen molar-refractivity contribution < 1.29 is 0 Å². The van der Waals surface area contributed by atoms with Gasteiger partial charge in [-0.05, 0) is 22.6 Å². The predicted molar refractivity (Wildman–Crippen MR) is 88.2 cm³/mol. The first-order valence-corrected chi connectivity index (χ1v) is 7.57. The molecule has 0 unspecified atom stereocenters. The Hall–Kier alpha value is -1.87. The number of pyridine rings is 1. The van der Waals surface area contributed by atoms with Gasteiger partial charge >= 0.3 is 0 Å². The lowest BCUT2D eigenvalue weighted by Crippen LogP contribution is -2.10. The maximum Gasteiger partial charge on any atom is 0.125 e. The van der Waals surface area contributed by atoms with Crippen molar-refractivity contribution >= 4 is 27.2 Å². The van der Waals surface area contributed by atoms with Crippen molar-refractivity contribution in [1.82, 2.24) is 4.98 Å². The minimum Gasteiger partial charge on any atom is -0.398 e. The highest BCUT2D eigenvalue weighted by Gasteiger charge is 2.13. The van der Waals surface area contributed by atoms with E-state index in [9.17, 15) is 0 Å². The minimum atomic E-state index is 0.179. The number of anilines is 1. The first kappa shape index (κ1) is 13.1. The Labute approximate surface area is 123 Å². The molecule has 0 fully saturated rings. The largest absolute Gasteiger partial charge is 0.398 e. The molecule has 102 valence electrons. The second-order valence-corrected chi connectivity index (χ2v) is 6.95. The van der Waals surface area contributed by atoms with Gasteiger partial charge in [-0.1, -0.05) is 45.0 Å². The zero-order valence-corrected chi connectivity index (χ0v) is 12.8. The summed E-state index contributed by atoms with van der Waals surface area (Å²) >= 11 is 1.59. The minimum absolute atomic E-state index is 0.179. The lowest BCUT2D eigenvalue weighted by Gasteiger charge is -2.19. The molecule has 3 heteroatoms. The van der Waals surface area contributed by atoms with Crippen LogP contribution < -0.4 is 5.73 Å². The number of nitrogen functional groups attached to an aromatic ring is 1. The molecule has 2 aromatic heterocycles. The van der Waals surface area contributed by atoms with Crippen LogP contribution in [0.2, 0.25) is 0 Å². The Bertz CT molecular complexity index is 749. The first-order valence-electron chi connectivity index (χ1n) is 6.69. The van der Waals surface area contributed by atoms with Crippen LogP contribution in [0.3, 0.4) is 0 Å². The maximum absolute atomic E-state index is 5.97. The zero-order valence-electron chi connectivity index (χ0n) is 12.0. The molecule has 2 nitrogen and oxygen atoms in total.